The molecule has 0 aromatic heterocycles. The molecular formula is C14H14F5NO2. The Bertz CT molecular complexity index is 533. The van der Waals surface area contributed by atoms with E-state index in [2.05, 4.69) is 10.5 Å². The van der Waals surface area contributed by atoms with Crippen molar-refractivity contribution in [1.82, 2.24) is 0 Å². The molecule has 0 spiro atoms. The second-order valence-corrected chi connectivity index (χ2v) is 5.20. The van der Waals surface area contributed by atoms with Crippen LogP contribution in [0.1, 0.15) is 11.1 Å². The van der Waals surface area contributed by atoms with Gasteiger partial charge >= 0.3 is 18.1 Å². The summed E-state index contributed by atoms with van der Waals surface area (Å²) in [7, 11) is 0. The van der Waals surface area contributed by atoms with Crippen LogP contribution in [0.2, 0.25) is 0 Å². The summed E-state index contributed by atoms with van der Waals surface area (Å²) in [5.74, 6) is -6.54. The highest BCUT2D eigenvalue weighted by Crippen LogP contribution is 2.36. The van der Waals surface area contributed by atoms with Crippen LogP contribution >= 0.6 is 0 Å². The second-order valence-electron chi connectivity index (χ2n) is 5.20. The minimum Gasteiger partial charge on any atom is -0.446 e. The van der Waals surface area contributed by atoms with Gasteiger partial charge in [0.15, 0.2) is 0 Å². The lowest BCUT2D eigenvalue weighted by atomic mass is 10.1. The zero-order valence-electron chi connectivity index (χ0n) is 11.4. The van der Waals surface area contributed by atoms with Gasteiger partial charge in [0.1, 0.15) is 0 Å². The topological polar surface area (TPSA) is 52.3 Å². The molecule has 0 saturated carbocycles. The summed E-state index contributed by atoms with van der Waals surface area (Å²) in [6.45, 7) is -1.56. The maximum Gasteiger partial charge on any atom is 0.431 e. The van der Waals surface area contributed by atoms with E-state index >= 15 is 0 Å². The number of nitrogens with two attached hydrogens (primary N) is 1. The molecule has 2 rings (SSSR count). The third kappa shape index (κ3) is 3.37. The number of halogens is 5. The molecule has 0 radical (unpaired) electrons. The van der Waals surface area contributed by atoms with Crippen molar-refractivity contribution >= 4 is 5.97 Å². The van der Waals surface area contributed by atoms with Crippen LogP contribution in [0.3, 0.4) is 0 Å². The number of carbonyl (C=O) groups excluding carboxylic acids is 1. The summed E-state index contributed by atoms with van der Waals surface area (Å²) in [5.41, 5.74) is 6.27. The molecule has 0 fully saturated rings. The molecule has 1 unspecified atom stereocenters. The van der Waals surface area contributed by atoms with Gasteiger partial charge in [0.25, 0.3) is 6.10 Å². The van der Waals surface area contributed by atoms with Crippen LogP contribution in [-0.4, -0.2) is 30.7 Å². The normalized spacial score (nSPS) is 17.2. The van der Waals surface area contributed by atoms with Crippen LogP contribution in [0, 0.1) is 5.92 Å². The highest BCUT2D eigenvalue weighted by molar-refractivity contribution is 5.75. The van der Waals surface area contributed by atoms with Gasteiger partial charge in [-0.15, -0.1) is 0 Å². The molecule has 122 valence electrons. The molecule has 0 heterocycles. The van der Waals surface area contributed by atoms with E-state index in [-0.39, 0.29) is 12.8 Å². The molecule has 3 nitrogen and oxygen atoms in total. The minimum absolute atomic E-state index is 0.174. The Morgan fingerprint density at radius 3 is 2.09 bits per heavy atom. The van der Waals surface area contributed by atoms with Gasteiger partial charge in [0.05, 0.1) is 12.5 Å². The third-order valence-electron chi connectivity index (χ3n) is 3.57. The number of hydrogen-bond donors (Lipinski definition) is 1. The van der Waals surface area contributed by atoms with Gasteiger partial charge in [-0.1, -0.05) is 24.3 Å². The first kappa shape index (κ1) is 16.7. The van der Waals surface area contributed by atoms with Gasteiger partial charge in [-0.25, -0.2) is 8.78 Å². The van der Waals surface area contributed by atoms with E-state index in [0.29, 0.717) is 0 Å². The highest BCUT2D eigenvalue weighted by atomic mass is 19.4. The van der Waals surface area contributed by atoms with Gasteiger partial charge in [-0.2, -0.15) is 13.2 Å². The van der Waals surface area contributed by atoms with E-state index < -0.39 is 36.6 Å². The number of fused-ring (bicyclic) bond motifs is 1. The molecule has 1 aromatic rings. The molecule has 0 saturated heterocycles. The number of hydrogen-bond acceptors (Lipinski definition) is 3. The minimum atomic E-state index is -5.38. The summed E-state index contributed by atoms with van der Waals surface area (Å²) in [6, 6.07) is 6.93. The van der Waals surface area contributed by atoms with Crippen molar-refractivity contribution in [2.45, 2.75) is 31.0 Å². The van der Waals surface area contributed by atoms with Crippen LogP contribution in [0.15, 0.2) is 24.3 Å². The Balaban J connectivity index is 2.11. The predicted octanol–water partition coefficient (Wildman–Crippen LogP) is 2.47. The van der Waals surface area contributed by atoms with Gasteiger partial charge in [0, 0.05) is 0 Å². The average Bonchev–Trinajstić information content (AvgIpc) is 2.87. The maximum absolute atomic E-state index is 13.3. The fourth-order valence-electron chi connectivity index (χ4n) is 2.44. The predicted molar refractivity (Wildman–Crippen MR) is 67.3 cm³/mol. The van der Waals surface area contributed by atoms with Crippen LogP contribution < -0.4 is 5.73 Å². The highest BCUT2D eigenvalue weighted by Gasteiger charge is 2.58. The van der Waals surface area contributed by atoms with Crippen molar-refractivity contribution in [3.63, 3.8) is 0 Å². The molecule has 1 aliphatic carbocycles. The standard InChI is InChI=1S/C14H14F5NO2/c15-13(16,7-20)12(14(17,18)19)22-11(21)10-5-8-3-1-2-4-9(8)6-10/h1-4,10,12H,5-7,20H2. The van der Waals surface area contributed by atoms with Gasteiger partial charge in [-0.05, 0) is 24.0 Å². The van der Waals surface area contributed by atoms with Crippen LogP contribution in [0.5, 0.6) is 0 Å². The first-order valence-corrected chi connectivity index (χ1v) is 6.57. The quantitative estimate of drug-likeness (QED) is 0.684. The van der Waals surface area contributed by atoms with Crippen molar-refractivity contribution < 1.29 is 31.5 Å². The number of ether oxygens (including phenoxy) is 1. The number of benzene rings is 1. The lowest BCUT2D eigenvalue weighted by molar-refractivity contribution is -0.276. The first-order valence-electron chi connectivity index (χ1n) is 6.57. The molecule has 0 bridgehead atoms. The van der Waals surface area contributed by atoms with Crippen molar-refractivity contribution in [3.05, 3.63) is 35.4 Å². The fourth-order valence-corrected chi connectivity index (χ4v) is 2.44. The number of alkyl halides is 5. The molecule has 0 amide bonds. The lowest BCUT2D eigenvalue weighted by Crippen LogP contribution is -2.52. The summed E-state index contributed by atoms with van der Waals surface area (Å²) in [4.78, 5) is 11.8. The van der Waals surface area contributed by atoms with E-state index in [1.807, 2.05) is 0 Å². The van der Waals surface area contributed by atoms with Crippen molar-refractivity contribution in [3.8, 4) is 0 Å². The van der Waals surface area contributed by atoms with Gasteiger partial charge in [-0.3, -0.25) is 4.79 Å². The smallest absolute Gasteiger partial charge is 0.431 e. The first-order chi connectivity index (χ1) is 10.1. The summed E-state index contributed by atoms with van der Waals surface area (Å²) >= 11 is 0. The summed E-state index contributed by atoms with van der Waals surface area (Å²) in [6.07, 6.45) is -8.56. The molecule has 0 aliphatic heterocycles. The molecule has 22 heavy (non-hydrogen) atoms. The summed E-state index contributed by atoms with van der Waals surface area (Å²) < 4.78 is 68.8. The molecule has 2 N–H and O–H groups in total. The fraction of sp³-hybridized carbons (Fsp3) is 0.500. The zero-order chi connectivity index (χ0) is 16.5. The SMILES string of the molecule is NCC(F)(F)C(OC(=O)C1Cc2ccccc2C1)C(F)(F)F. The van der Waals surface area contributed by atoms with E-state index in [0.717, 1.165) is 11.1 Å². The largest absolute Gasteiger partial charge is 0.446 e. The zero-order valence-corrected chi connectivity index (χ0v) is 11.4. The molecule has 8 heteroatoms. The molecule has 1 aromatic carbocycles. The molecular weight excluding hydrogens is 309 g/mol. The van der Waals surface area contributed by atoms with Crippen LogP contribution in [0.4, 0.5) is 22.0 Å². The number of rotatable bonds is 4. The molecule has 1 atom stereocenters. The van der Waals surface area contributed by atoms with Crippen molar-refractivity contribution in [1.29, 1.82) is 0 Å². The lowest BCUT2D eigenvalue weighted by Gasteiger charge is -2.28. The summed E-state index contributed by atoms with van der Waals surface area (Å²) in [5, 5.41) is 0. The Labute approximate surface area is 123 Å². The van der Waals surface area contributed by atoms with E-state index in [4.69, 9.17) is 0 Å². The second kappa shape index (κ2) is 5.83. The Morgan fingerprint density at radius 1 is 1.18 bits per heavy atom. The van der Waals surface area contributed by atoms with Gasteiger partial charge < -0.3 is 10.5 Å². The molecule has 1 aliphatic rings. The maximum atomic E-state index is 13.3. The van der Waals surface area contributed by atoms with E-state index in [9.17, 15) is 26.7 Å². The third-order valence-corrected chi connectivity index (χ3v) is 3.57. The Hall–Kier alpha value is -1.70. The van der Waals surface area contributed by atoms with Crippen molar-refractivity contribution in [2.24, 2.45) is 11.7 Å². The number of esters is 1. The van der Waals surface area contributed by atoms with Crippen LogP contribution in [-0.2, 0) is 22.4 Å². The monoisotopic (exact) mass is 323 g/mol. The number of carbonyl (C=O) groups is 1. The van der Waals surface area contributed by atoms with E-state index in [1.54, 1.807) is 24.3 Å². The Morgan fingerprint density at radius 2 is 1.68 bits per heavy atom. The Kier molecular flexibility index (Phi) is 4.42. The average molecular weight is 323 g/mol. The van der Waals surface area contributed by atoms with Crippen LogP contribution in [0.25, 0.3) is 0 Å². The van der Waals surface area contributed by atoms with Gasteiger partial charge in [0.2, 0.25) is 0 Å². The van der Waals surface area contributed by atoms with Crippen molar-refractivity contribution in [2.75, 3.05) is 6.54 Å². The van der Waals surface area contributed by atoms with E-state index in [1.165, 1.54) is 0 Å².